The summed E-state index contributed by atoms with van der Waals surface area (Å²) in [4.78, 5) is 1.99. The molecule has 0 amide bonds. The average molecular weight is 200 g/mol. The third-order valence-corrected chi connectivity index (χ3v) is 2.08. The van der Waals surface area contributed by atoms with Gasteiger partial charge in [-0.3, -0.25) is 0 Å². The first-order valence-electron chi connectivity index (χ1n) is 5.23. The number of aliphatic hydroxyl groups excluding tert-OH is 1. The van der Waals surface area contributed by atoms with Crippen LogP contribution in [0.5, 0.6) is 0 Å². The second-order valence-corrected chi connectivity index (χ2v) is 4.09. The lowest BCUT2D eigenvalue weighted by molar-refractivity contribution is 0.131. The quantitative estimate of drug-likeness (QED) is 0.570. The van der Waals surface area contributed by atoms with E-state index in [9.17, 15) is 5.11 Å². The zero-order valence-corrected chi connectivity index (χ0v) is 9.66. The molecular weight excluding hydrogens is 176 g/mol. The van der Waals surface area contributed by atoms with E-state index in [-0.39, 0.29) is 6.10 Å². The van der Waals surface area contributed by atoms with Gasteiger partial charge >= 0.3 is 0 Å². The lowest BCUT2D eigenvalue weighted by Gasteiger charge is -2.19. The van der Waals surface area contributed by atoms with Crippen LogP contribution < -0.4 is 5.32 Å². The summed E-state index contributed by atoms with van der Waals surface area (Å²) in [5.41, 5.74) is 0. The summed E-state index contributed by atoms with van der Waals surface area (Å²) in [5.74, 6) is 0. The Morgan fingerprint density at radius 2 is 2.14 bits per heavy atom. The summed E-state index contributed by atoms with van der Waals surface area (Å²) >= 11 is 0. The van der Waals surface area contributed by atoms with Crippen molar-refractivity contribution < 1.29 is 5.11 Å². The van der Waals surface area contributed by atoms with Crippen molar-refractivity contribution in [3.8, 4) is 0 Å². The molecule has 3 heteroatoms. The molecule has 0 aliphatic carbocycles. The zero-order chi connectivity index (χ0) is 11.0. The van der Waals surface area contributed by atoms with Crippen molar-refractivity contribution in [2.24, 2.45) is 0 Å². The fraction of sp³-hybridized carbons (Fsp3) is 0.818. The van der Waals surface area contributed by atoms with Crippen LogP contribution in [0.2, 0.25) is 0 Å². The van der Waals surface area contributed by atoms with Crippen LogP contribution in [0.1, 0.15) is 19.8 Å². The van der Waals surface area contributed by atoms with Crippen molar-refractivity contribution in [1.82, 2.24) is 10.2 Å². The molecule has 0 bridgehead atoms. The van der Waals surface area contributed by atoms with Gasteiger partial charge in [0.2, 0.25) is 0 Å². The second kappa shape index (κ2) is 7.97. The Morgan fingerprint density at radius 1 is 1.50 bits per heavy atom. The molecule has 2 unspecified atom stereocenters. The first kappa shape index (κ1) is 13.6. The summed E-state index contributed by atoms with van der Waals surface area (Å²) in [7, 11) is 3.93. The molecule has 2 N–H and O–H groups in total. The van der Waals surface area contributed by atoms with Crippen LogP contribution in [0.3, 0.4) is 0 Å². The van der Waals surface area contributed by atoms with Crippen molar-refractivity contribution in [3.63, 3.8) is 0 Å². The van der Waals surface area contributed by atoms with Crippen LogP contribution >= 0.6 is 0 Å². The molecule has 0 saturated carbocycles. The first-order valence-corrected chi connectivity index (χ1v) is 5.23. The Balaban J connectivity index is 3.45. The van der Waals surface area contributed by atoms with Crippen LogP contribution in [0.4, 0.5) is 0 Å². The minimum atomic E-state index is -0.281. The Morgan fingerprint density at radius 3 is 2.64 bits per heavy atom. The van der Waals surface area contributed by atoms with Crippen molar-refractivity contribution in [1.29, 1.82) is 0 Å². The molecule has 2 atom stereocenters. The summed E-state index contributed by atoms with van der Waals surface area (Å²) in [6, 6.07) is 0.449. The van der Waals surface area contributed by atoms with E-state index in [0.717, 1.165) is 12.8 Å². The highest BCUT2D eigenvalue weighted by molar-refractivity contribution is 4.72. The molecule has 0 saturated heterocycles. The number of aliphatic hydroxyl groups is 1. The van der Waals surface area contributed by atoms with Crippen molar-refractivity contribution in [2.75, 3.05) is 27.2 Å². The average Bonchev–Trinajstić information content (AvgIpc) is 2.10. The lowest BCUT2D eigenvalue weighted by Crippen LogP contribution is -2.38. The van der Waals surface area contributed by atoms with Gasteiger partial charge in [-0.15, -0.1) is 6.58 Å². The summed E-state index contributed by atoms with van der Waals surface area (Å²) in [6.45, 7) is 7.19. The van der Waals surface area contributed by atoms with Crippen molar-refractivity contribution in [2.45, 2.75) is 31.9 Å². The Labute approximate surface area is 87.8 Å². The molecule has 0 aliphatic heterocycles. The molecule has 0 aliphatic rings. The standard InChI is InChI=1S/C11H24N2O/c1-5-6-7-10(2)12-8-11(14)9-13(3)4/h5,10-12,14H,1,6-9H2,2-4H3. The number of nitrogens with zero attached hydrogens (tertiary/aromatic N) is 1. The van der Waals surface area contributed by atoms with Gasteiger partial charge < -0.3 is 15.3 Å². The van der Waals surface area contributed by atoms with E-state index in [1.54, 1.807) is 0 Å². The SMILES string of the molecule is C=CCCC(C)NCC(O)CN(C)C. The van der Waals surface area contributed by atoms with Crippen LogP contribution in [0, 0.1) is 0 Å². The van der Waals surface area contributed by atoms with Gasteiger partial charge in [0.15, 0.2) is 0 Å². The maximum absolute atomic E-state index is 9.57. The van der Waals surface area contributed by atoms with E-state index in [1.165, 1.54) is 0 Å². The van der Waals surface area contributed by atoms with E-state index in [1.807, 2.05) is 25.1 Å². The molecule has 0 radical (unpaired) electrons. The van der Waals surface area contributed by atoms with Crippen molar-refractivity contribution in [3.05, 3.63) is 12.7 Å². The van der Waals surface area contributed by atoms with Gasteiger partial charge in [-0.25, -0.2) is 0 Å². The third kappa shape index (κ3) is 8.23. The Hall–Kier alpha value is -0.380. The maximum atomic E-state index is 9.57. The van der Waals surface area contributed by atoms with Crippen LogP contribution in [0.15, 0.2) is 12.7 Å². The number of hydrogen-bond acceptors (Lipinski definition) is 3. The van der Waals surface area contributed by atoms with Crippen LogP contribution in [-0.4, -0.2) is 49.3 Å². The second-order valence-electron chi connectivity index (χ2n) is 4.09. The molecule has 0 heterocycles. The fourth-order valence-electron chi connectivity index (χ4n) is 1.29. The van der Waals surface area contributed by atoms with E-state index in [2.05, 4.69) is 18.8 Å². The van der Waals surface area contributed by atoms with Gasteiger partial charge in [0, 0.05) is 19.1 Å². The summed E-state index contributed by atoms with van der Waals surface area (Å²) < 4.78 is 0. The largest absolute Gasteiger partial charge is 0.390 e. The number of nitrogens with one attached hydrogen (secondary N) is 1. The molecule has 0 spiro atoms. The third-order valence-electron chi connectivity index (χ3n) is 2.08. The Kier molecular flexibility index (Phi) is 7.76. The summed E-state index contributed by atoms with van der Waals surface area (Å²) in [6.07, 6.45) is 3.75. The van der Waals surface area contributed by atoms with Crippen LogP contribution in [0.25, 0.3) is 0 Å². The van der Waals surface area contributed by atoms with Gasteiger partial charge in [-0.1, -0.05) is 6.08 Å². The monoisotopic (exact) mass is 200 g/mol. The van der Waals surface area contributed by atoms with Crippen LogP contribution in [-0.2, 0) is 0 Å². The smallest absolute Gasteiger partial charge is 0.0791 e. The zero-order valence-electron chi connectivity index (χ0n) is 9.66. The molecule has 84 valence electrons. The van der Waals surface area contributed by atoms with E-state index < -0.39 is 0 Å². The number of likely N-dealkylation sites (N-methyl/N-ethyl adjacent to an activating group) is 1. The number of hydrogen-bond donors (Lipinski definition) is 2. The number of allylic oxidation sites excluding steroid dienone is 1. The van der Waals surface area contributed by atoms with Gasteiger partial charge in [0.05, 0.1) is 6.10 Å². The van der Waals surface area contributed by atoms with Crippen molar-refractivity contribution >= 4 is 0 Å². The van der Waals surface area contributed by atoms with E-state index in [4.69, 9.17) is 0 Å². The molecule has 0 aromatic heterocycles. The normalized spacial score (nSPS) is 15.5. The summed E-state index contributed by atoms with van der Waals surface area (Å²) in [5, 5.41) is 12.9. The first-order chi connectivity index (χ1) is 6.56. The van der Waals surface area contributed by atoms with Gasteiger partial charge in [0.25, 0.3) is 0 Å². The van der Waals surface area contributed by atoms with Gasteiger partial charge in [-0.05, 0) is 33.9 Å². The lowest BCUT2D eigenvalue weighted by atomic mass is 10.2. The number of rotatable bonds is 8. The topological polar surface area (TPSA) is 35.5 Å². The Bertz CT molecular complexity index is 148. The molecule has 0 rings (SSSR count). The molecule has 0 aromatic carbocycles. The fourth-order valence-corrected chi connectivity index (χ4v) is 1.29. The maximum Gasteiger partial charge on any atom is 0.0791 e. The predicted octanol–water partition coefficient (Wildman–Crippen LogP) is 0.853. The molecule has 3 nitrogen and oxygen atoms in total. The molecule has 0 aromatic rings. The molecular formula is C11H24N2O. The molecule has 0 fully saturated rings. The van der Waals surface area contributed by atoms with Gasteiger partial charge in [-0.2, -0.15) is 0 Å². The van der Waals surface area contributed by atoms with E-state index in [0.29, 0.717) is 19.1 Å². The highest BCUT2D eigenvalue weighted by Crippen LogP contribution is 1.96. The van der Waals surface area contributed by atoms with E-state index >= 15 is 0 Å². The highest BCUT2D eigenvalue weighted by atomic mass is 16.3. The predicted molar refractivity (Wildman–Crippen MR) is 61.5 cm³/mol. The van der Waals surface area contributed by atoms with Gasteiger partial charge in [0.1, 0.15) is 0 Å². The highest BCUT2D eigenvalue weighted by Gasteiger charge is 2.07. The minimum absolute atomic E-state index is 0.281. The molecule has 14 heavy (non-hydrogen) atoms. The minimum Gasteiger partial charge on any atom is -0.390 e.